The molecule has 1 unspecified atom stereocenters. The molecule has 0 spiro atoms. The maximum absolute atomic E-state index is 5.49. The number of methoxy groups -OCH3 is 1. The molecule has 3 heteroatoms. The van der Waals surface area contributed by atoms with Crippen LogP contribution in [0, 0.1) is 6.92 Å². The van der Waals surface area contributed by atoms with E-state index in [0.29, 0.717) is 6.04 Å². The molecule has 1 rings (SSSR count). The van der Waals surface area contributed by atoms with E-state index in [4.69, 9.17) is 4.74 Å². The molecule has 0 fully saturated rings. The number of rotatable bonds is 8. The molecule has 1 atom stereocenters. The second kappa shape index (κ2) is 8.44. The summed E-state index contributed by atoms with van der Waals surface area (Å²) in [6, 6.07) is 6.79. The molecule has 0 aliphatic rings. The molecule has 102 valence electrons. The van der Waals surface area contributed by atoms with Gasteiger partial charge in [0.15, 0.2) is 0 Å². The van der Waals surface area contributed by atoms with Crippen molar-refractivity contribution in [2.75, 3.05) is 25.2 Å². The van der Waals surface area contributed by atoms with E-state index in [9.17, 15) is 0 Å². The van der Waals surface area contributed by atoms with Crippen molar-refractivity contribution in [1.82, 2.24) is 5.32 Å². The van der Waals surface area contributed by atoms with Crippen LogP contribution >= 0.6 is 11.8 Å². The third-order valence-corrected chi connectivity index (χ3v) is 3.87. The van der Waals surface area contributed by atoms with Crippen LogP contribution in [0.3, 0.4) is 0 Å². The van der Waals surface area contributed by atoms with E-state index in [1.807, 2.05) is 11.8 Å². The summed E-state index contributed by atoms with van der Waals surface area (Å²) < 4.78 is 5.49. The zero-order chi connectivity index (χ0) is 13.4. The number of hydrogen-bond acceptors (Lipinski definition) is 3. The number of aryl methyl sites for hydroxylation is 1. The Balaban J connectivity index is 2.90. The Morgan fingerprint density at radius 3 is 2.72 bits per heavy atom. The number of benzene rings is 1. The fraction of sp³-hybridized carbons (Fsp3) is 0.600. The molecule has 0 saturated heterocycles. The number of thioether (sulfide) groups is 1. The first kappa shape index (κ1) is 15.4. The molecule has 0 heterocycles. The average Bonchev–Trinajstić information content (AvgIpc) is 2.39. The lowest BCUT2D eigenvalue weighted by Gasteiger charge is -2.21. The van der Waals surface area contributed by atoms with Gasteiger partial charge in [-0.3, -0.25) is 0 Å². The van der Waals surface area contributed by atoms with Crippen molar-refractivity contribution in [2.45, 2.75) is 33.2 Å². The van der Waals surface area contributed by atoms with Crippen LogP contribution in [0.15, 0.2) is 18.2 Å². The van der Waals surface area contributed by atoms with Crippen LogP contribution in [0.5, 0.6) is 5.75 Å². The summed E-state index contributed by atoms with van der Waals surface area (Å²) in [5, 5.41) is 3.62. The Hall–Kier alpha value is -0.670. The standard InChI is InChI=1S/C15H25NOS/c1-5-9-16-14(11-18-6-2)13-10-12(3)7-8-15(13)17-4/h7-8,10,14,16H,5-6,9,11H2,1-4H3. The zero-order valence-corrected chi connectivity index (χ0v) is 12.8. The lowest BCUT2D eigenvalue weighted by Crippen LogP contribution is -2.24. The molecule has 1 aromatic carbocycles. The molecule has 1 aromatic rings. The predicted molar refractivity (Wildman–Crippen MR) is 81.8 cm³/mol. The highest BCUT2D eigenvalue weighted by molar-refractivity contribution is 7.99. The van der Waals surface area contributed by atoms with Crippen LogP contribution in [0.1, 0.15) is 37.4 Å². The minimum absolute atomic E-state index is 0.379. The van der Waals surface area contributed by atoms with Crippen LogP contribution < -0.4 is 10.1 Å². The monoisotopic (exact) mass is 267 g/mol. The third-order valence-electron chi connectivity index (χ3n) is 2.89. The molecule has 1 N–H and O–H groups in total. The van der Waals surface area contributed by atoms with Gasteiger partial charge in [0, 0.05) is 17.4 Å². The maximum Gasteiger partial charge on any atom is 0.123 e. The van der Waals surface area contributed by atoms with Gasteiger partial charge in [0.25, 0.3) is 0 Å². The molecular weight excluding hydrogens is 242 g/mol. The second-order valence-electron chi connectivity index (χ2n) is 4.41. The van der Waals surface area contributed by atoms with Crippen molar-refractivity contribution in [2.24, 2.45) is 0 Å². The Bertz CT molecular complexity index is 346. The molecule has 0 bridgehead atoms. The number of hydrogen-bond donors (Lipinski definition) is 1. The van der Waals surface area contributed by atoms with Crippen molar-refractivity contribution in [3.05, 3.63) is 29.3 Å². The van der Waals surface area contributed by atoms with E-state index in [-0.39, 0.29) is 0 Å². The van der Waals surface area contributed by atoms with Crippen LogP contribution in [0.4, 0.5) is 0 Å². The van der Waals surface area contributed by atoms with Crippen molar-refractivity contribution < 1.29 is 4.74 Å². The summed E-state index contributed by atoms with van der Waals surface area (Å²) in [5.74, 6) is 3.24. The lowest BCUT2D eigenvalue weighted by molar-refractivity contribution is 0.402. The summed E-state index contributed by atoms with van der Waals surface area (Å²) in [6.07, 6.45) is 1.15. The van der Waals surface area contributed by atoms with Gasteiger partial charge in [-0.2, -0.15) is 11.8 Å². The quantitative estimate of drug-likeness (QED) is 0.774. The normalized spacial score (nSPS) is 12.4. The zero-order valence-electron chi connectivity index (χ0n) is 12.0. The molecule has 0 saturated carbocycles. The van der Waals surface area contributed by atoms with Crippen molar-refractivity contribution in [3.63, 3.8) is 0 Å². The first-order valence-electron chi connectivity index (χ1n) is 6.68. The fourth-order valence-corrected chi connectivity index (χ4v) is 2.71. The van der Waals surface area contributed by atoms with Gasteiger partial charge in [-0.05, 0) is 31.7 Å². The Morgan fingerprint density at radius 1 is 1.33 bits per heavy atom. The van der Waals surface area contributed by atoms with Crippen molar-refractivity contribution in [1.29, 1.82) is 0 Å². The Labute approximate surface area is 116 Å². The summed E-state index contributed by atoms with van der Waals surface area (Å²) in [6.45, 7) is 7.58. The van der Waals surface area contributed by atoms with E-state index >= 15 is 0 Å². The van der Waals surface area contributed by atoms with Gasteiger partial charge in [0.2, 0.25) is 0 Å². The SMILES string of the molecule is CCCNC(CSCC)c1cc(C)ccc1OC. The van der Waals surface area contributed by atoms with Gasteiger partial charge in [0.05, 0.1) is 7.11 Å². The molecule has 0 aliphatic carbocycles. The molecule has 0 aliphatic heterocycles. The van der Waals surface area contributed by atoms with Crippen LogP contribution in [-0.2, 0) is 0 Å². The van der Waals surface area contributed by atoms with Gasteiger partial charge in [-0.15, -0.1) is 0 Å². The predicted octanol–water partition coefficient (Wildman–Crippen LogP) is 3.80. The van der Waals surface area contributed by atoms with E-state index in [1.54, 1.807) is 7.11 Å². The second-order valence-corrected chi connectivity index (χ2v) is 5.73. The maximum atomic E-state index is 5.49. The van der Waals surface area contributed by atoms with E-state index in [0.717, 1.165) is 30.2 Å². The smallest absolute Gasteiger partial charge is 0.123 e. The van der Waals surface area contributed by atoms with Gasteiger partial charge >= 0.3 is 0 Å². The fourth-order valence-electron chi connectivity index (χ4n) is 1.94. The van der Waals surface area contributed by atoms with E-state index in [2.05, 4.69) is 44.3 Å². The molecule has 2 nitrogen and oxygen atoms in total. The van der Waals surface area contributed by atoms with Crippen molar-refractivity contribution in [3.8, 4) is 5.75 Å². The van der Waals surface area contributed by atoms with Crippen molar-refractivity contribution >= 4 is 11.8 Å². The highest BCUT2D eigenvalue weighted by atomic mass is 32.2. The number of nitrogens with one attached hydrogen (secondary N) is 1. The highest BCUT2D eigenvalue weighted by Crippen LogP contribution is 2.28. The largest absolute Gasteiger partial charge is 0.496 e. The topological polar surface area (TPSA) is 21.3 Å². The summed E-state index contributed by atoms with van der Waals surface area (Å²) >= 11 is 1.97. The lowest BCUT2D eigenvalue weighted by atomic mass is 10.0. The van der Waals surface area contributed by atoms with Gasteiger partial charge < -0.3 is 10.1 Å². The summed E-state index contributed by atoms with van der Waals surface area (Å²) in [4.78, 5) is 0. The van der Waals surface area contributed by atoms with Crippen LogP contribution in [0.25, 0.3) is 0 Å². The third kappa shape index (κ3) is 4.54. The number of ether oxygens (including phenoxy) is 1. The van der Waals surface area contributed by atoms with Gasteiger partial charge in [0.1, 0.15) is 5.75 Å². The minimum atomic E-state index is 0.379. The summed E-state index contributed by atoms with van der Waals surface area (Å²) in [7, 11) is 1.75. The average molecular weight is 267 g/mol. The van der Waals surface area contributed by atoms with E-state index < -0.39 is 0 Å². The molecule has 0 aromatic heterocycles. The molecular formula is C15H25NOS. The van der Waals surface area contributed by atoms with Gasteiger partial charge in [-0.25, -0.2) is 0 Å². The summed E-state index contributed by atoms with van der Waals surface area (Å²) in [5.41, 5.74) is 2.57. The molecule has 18 heavy (non-hydrogen) atoms. The molecule has 0 radical (unpaired) electrons. The van der Waals surface area contributed by atoms with Crippen LogP contribution in [-0.4, -0.2) is 25.2 Å². The highest BCUT2D eigenvalue weighted by Gasteiger charge is 2.15. The molecule has 0 amide bonds. The van der Waals surface area contributed by atoms with Gasteiger partial charge in [-0.1, -0.05) is 31.5 Å². The Morgan fingerprint density at radius 2 is 2.11 bits per heavy atom. The minimum Gasteiger partial charge on any atom is -0.496 e. The van der Waals surface area contributed by atoms with E-state index in [1.165, 1.54) is 11.1 Å². The first-order chi connectivity index (χ1) is 8.72. The first-order valence-corrected chi connectivity index (χ1v) is 7.84. The van der Waals surface area contributed by atoms with Crippen LogP contribution in [0.2, 0.25) is 0 Å². The Kier molecular flexibility index (Phi) is 7.21.